The highest BCUT2D eigenvalue weighted by Gasteiger charge is 2.24. The molecule has 60 valence electrons. The second-order valence-electron chi connectivity index (χ2n) is 3.06. The van der Waals surface area contributed by atoms with Crippen LogP contribution in [0.25, 0.3) is 0 Å². The predicted molar refractivity (Wildman–Crippen MR) is 41.0 cm³/mol. The van der Waals surface area contributed by atoms with Crippen molar-refractivity contribution in [1.29, 1.82) is 0 Å². The average Bonchev–Trinajstić information content (AvgIpc) is 2.32. The maximum atomic E-state index is 5.51. The van der Waals surface area contributed by atoms with Crippen LogP contribution < -0.4 is 5.73 Å². The summed E-state index contributed by atoms with van der Waals surface area (Å²) in [6.07, 6.45) is 5.48. The number of rotatable bonds is 2. The average molecular weight is 152 g/mol. The monoisotopic (exact) mass is 152 g/mol. The third-order valence-corrected chi connectivity index (χ3v) is 2.39. The van der Waals surface area contributed by atoms with Gasteiger partial charge < -0.3 is 10.3 Å². The van der Waals surface area contributed by atoms with E-state index in [0.29, 0.717) is 12.5 Å². The molecule has 1 heterocycles. The molecule has 0 radical (unpaired) electrons. The lowest BCUT2D eigenvalue weighted by atomic mass is 9.82. The second-order valence-corrected chi connectivity index (χ2v) is 3.06. The maximum Gasteiger partial charge on any atom is 0.128 e. The Morgan fingerprint density at radius 1 is 1.64 bits per heavy atom. The van der Waals surface area contributed by atoms with E-state index in [4.69, 9.17) is 10.3 Å². The molecule has 1 saturated carbocycles. The van der Waals surface area contributed by atoms with Crippen molar-refractivity contribution >= 4 is 0 Å². The smallest absolute Gasteiger partial charge is 0.128 e. The quantitative estimate of drug-likeness (QED) is 0.696. The molecule has 3 nitrogen and oxygen atoms in total. The Kier molecular flexibility index (Phi) is 1.66. The van der Waals surface area contributed by atoms with E-state index in [1.807, 2.05) is 0 Å². The minimum Gasteiger partial charge on any atom is -0.364 e. The van der Waals surface area contributed by atoms with E-state index in [2.05, 4.69) is 5.16 Å². The fraction of sp³-hybridized carbons (Fsp3) is 0.625. The number of hydrogen-bond donors (Lipinski definition) is 1. The highest BCUT2D eigenvalue weighted by molar-refractivity contribution is 5.20. The van der Waals surface area contributed by atoms with E-state index in [9.17, 15) is 0 Å². The first-order valence-corrected chi connectivity index (χ1v) is 4.05. The van der Waals surface area contributed by atoms with Crippen LogP contribution in [-0.4, -0.2) is 5.16 Å². The Balaban J connectivity index is 2.20. The summed E-state index contributed by atoms with van der Waals surface area (Å²) in [6.45, 7) is 0.551. The number of hydrogen-bond acceptors (Lipinski definition) is 3. The van der Waals surface area contributed by atoms with Crippen molar-refractivity contribution in [2.45, 2.75) is 31.7 Å². The van der Waals surface area contributed by atoms with Gasteiger partial charge in [-0.3, -0.25) is 0 Å². The van der Waals surface area contributed by atoms with E-state index < -0.39 is 0 Å². The van der Waals surface area contributed by atoms with Crippen LogP contribution >= 0.6 is 0 Å². The molecule has 1 aromatic rings. The van der Waals surface area contributed by atoms with Gasteiger partial charge in [0.2, 0.25) is 0 Å². The summed E-state index contributed by atoms with van der Waals surface area (Å²) in [4.78, 5) is 0. The Labute approximate surface area is 65.6 Å². The summed E-state index contributed by atoms with van der Waals surface area (Å²) in [6, 6.07) is 0. The van der Waals surface area contributed by atoms with E-state index in [0.717, 1.165) is 11.3 Å². The lowest BCUT2D eigenvalue weighted by Gasteiger charge is -2.23. The molecule has 0 atom stereocenters. The molecular formula is C8H12N2O. The molecule has 0 aromatic carbocycles. The molecule has 0 saturated heterocycles. The Bertz CT molecular complexity index is 240. The minimum absolute atomic E-state index is 0.551. The number of nitrogens with two attached hydrogens (primary N) is 1. The highest BCUT2D eigenvalue weighted by atomic mass is 16.5. The molecule has 1 fully saturated rings. The topological polar surface area (TPSA) is 52.0 Å². The van der Waals surface area contributed by atoms with Gasteiger partial charge in [-0.2, -0.15) is 0 Å². The molecular weight excluding hydrogens is 140 g/mol. The van der Waals surface area contributed by atoms with Gasteiger partial charge in [0.05, 0.1) is 5.69 Å². The SMILES string of the molecule is NCc1conc1C1CCC1. The van der Waals surface area contributed by atoms with Crippen molar-refractivity contribution < 1.29 is 4.52 Å². The molecule has 11 heavy (non-hydrogen) atoms. The maximum absolute atomic E-state index is 5.51. The zero-order chi connectivity index (χ0) is 7.68. The van der Waals surface area contributed by atoms with Gasteiger partial charge in [-0.15, -0.1) is 0 Å². The fourth-order valence-corrected chi connectivity index (χ4v) is 1.44. The van der Waals surface area contributed by atoms with Crippen molar-refractivity contribution in [2.24, 2.45) is 5.73 Å². The van der Waals surface area contributed by atoms with Gasteiger partial charge in [-0.1, -0.05) is 11.6 Å². The van der Waals surface area contributed by atoms with E-state index >= 15 is 0 Å². The van der Waals surface area contributed by atoms with Gasteiger partial charge in [0, 0.05) is 18.0 Å². The Morgan fingerprint density at radius 3 is 3.00 bits per heavy atom. The van der Waals surface area contributed by atoms with Crippen molar-refractivity contribution in [1.82, 2.24) is 5.16 Å². The molecule has 1 aromatic heterocycles. The van der Waals surface area contributed by atoms with Crippen LogP contribution in [0.3, 0.4) is 0 Å². The molecule has 0 amide bonds. The van der Waals surface area contributed by atoms with Gasteiger partial charge in [-0.05, 0) is 12.8 Å². The largest absolute Gasteiger partial charge is 0.364 e. The molecule has 2 rings (SSSR count). The highest BCUT2D eigenvalue weighted by Crippen LogP contribution is 2.36. The Morgan fingerprint density at radius 2 is 2.45 bits per heavy atom. The van der Waals surface area contributed by atoms with E-state index in [1.54, 1.807) is 6.26 Å². The second kappa shape index (κ2) is 2.66. The summed E-state index contributed by atoms with van der Waals surface area (Å²) < 4.78 is 4.86. The lowest BCUT2D eigenvalue weighted by molar-refractivity contribution is 0.363. The predicted octanol–water partition coefficient (Wildman–Crippen LogP) is 1.40. The van der Waals surface area contributed by atoms with Crippen LogP contribution in [0.4, 0.5) is 0 Å². The zero-order valence-corrected chi connectivity index (χ0v) is 6.42. The van der Waals surface area contributed by atoms with Gasteiger partial charge >= 0.3 is 0 Å². The van der Waals surface area contributed by atoms with E-state index in [-0.39, 0.29) is 0 Å². The van der Waals surface area contributed by atoms with Gasteiger partial charge in [-0.25, -0.2) is 0 Å². The van der Waals surface area contributed by atoms with Gasteiger partial charge in [0.15, 0.2) is 0 Å². The van der Waals surface area contributed by atoms with Gasteiger partial charge in [0.25, 0.3) is 0 Å². The first-order valence-electron chi connectivity index (χ1n) is 4.05. The molecule has 3 heteroatoms. The van der Waals surface area contributed by atoms with Crippen LogP contribution in [0.2, 0.25) is 0 Å². The number of aromatic nitrogens is 1. The third-order valence-electron chi connectivity index (χ3n) is 2.39. The summed E-state index contributed by atoms with van der Waals surface area (Å²) in [5, 5.41) is 3.95. The van der Waals surface area contributed by atoms with Crippen molar-refractivity contribution in [2.75, 3.05) is 0 Å². The summed E-state index contributed by atoms with van der Waals surface area (Å²) in [5.41, 5.74) is 7.69. The van der Waals surface area contributed by atoms with Crippen LogP contribution in [0.1, 0.15) is 36.4 Å². The van der Waals surface area contributed by atoms with E-state index in [1.165, 1.54) is 19.3 Å². The van der Waals surface area contributed by atoms with Crippen LogP contribution in [0.15, 0.2) is 10.8 Å². The fourth-order valence-electron chi connectivity index (χ4n) is 1.44. The van der Waals surface area contributed by atoms with Crippen LogP contribution in [0.5, 0.6) is 0 Å². The first-order chi connectivity index (χ1) is 5.42. The van der Waals surface area contributed by atoms with Crippen LogP contribution in [0, 0.1) is 0 Å². The standard InChI is InChI=1S/C8H12N2O/c9-4-7-5-11-10-8(7)6-2-1-3-6/h5-6H,1-4,9H2. The summed E-state index contributed by atoms with van der Waals surface area (Å²) in [7, 11) is 0. The summed E-state index contributed by atoms with van der Waals surface area (Å²) in [5.74, 6) is 0.632. The Hall–Kier alpha value is -0.830. The molecule has 0 spiro atoms. The normalized spacial score (nSPS) is 18.3. The third kappa shape index (κ3) is 1.05. The molecule has 2 N–H and O–H groups in total. The van der Waals surface area contributed by atoms with Crippen molar-refractivity contribution in [3.05, 3.63) is 17.5 Å². The van der Waals surface area contributed by atoms with Gasteiger partial charge in [0.1, 0.15) is 6.26 Å². The van der Waals surface area contributed by atoms with Crippen LogP contribution in [-0.2, 0) is 6.54 Å². The lowest BCUT2D eigenvalue weighted by Crippen LogP contribution is -2.12. The molecule has 1 aliphatic carbocycles. The molecule has 0 bridgehead atoms. The summed E-state index contributed by atoms with van der Waals surface area (Å²) >= 11 is 0. The van der Waals surface area contributed by atoms with Crippen molar-refractivity contribution in [3.8, 4) is 0 Å². The molecule has 0 unspecified atom stereocenters. The number of nitrogens with zero attached hydrogens (tertiary/aromatic N) is 1. The molecule has 1 aliphatic rings. The van der Waals surface area contributed by atoms with Crippen molar-refractivity contribution in [3.63, 3.8) is 0 Å². The first kappa shape index (κ1) is 6.85. The molecule has 0 aliphatic heterocycles. The minimum atomic E-state index is 0.551. The zero-order valence-electron chi connectivity index (χ0n) is 6.42.